The normalized spacial score (nSPS) is 11.7. The molecule has 1 aromatic carbocycles. The van der Waals surface area contributed by atoms with Crippen LogP contribution in [0.2, 0.25) is 0 Å². The molecule has 112 valence electrons. The molecule has 0 fully saturated rings. The summed E-state index contributed by atoms with van der Waals surface area (Å²) in [7, 11) is 1.62. The molecule has 0 atom stereocenters. The van der Waals surface area contributed by atoms with Crippen LogP contribution in [0, 0.1) is 0 Å². The van der Waals surface area contributed by atoms with Gasteiger partial charge in [-0.05, 0) is 58.4 Å². The number of rotatable bonds is 4. The first kappa shape index (κ1) is 15.3. The average Bonchev–Trinajstić information content (AvgIpc) is 3.17. The van der Waals surface area contributed by atoms with E-state index in [2.05, 4.69) is 26.1 Å². The minimum absolute atomic E-state index is 0.289. The van der Waals surface area contributed by atoms with E-state index in [1.165, 1.54) is 0 Å². The summed E-state index contributed by atoms with van der Waals surface area (Å²) in [6.07, 6.45) is 1.79. The van der Waals surface area contributed by atoms with E-state index in [4.69, 9.17) is 20.9 Å². The second kappa shape index (κ2) is 6.64. The van der Waals surface area contributed by atoms with Crippen LogP contribution in [0.5, 0.6) is 5.75 Å². The Labute approximate surface area is 144 Å². The number of ether oxygens (including phenoxy) is 1. The summed E-state index contributed by atoms with van der Waals surface area (Å²) < 4.78 is 11.4. The van der Waals surface area contributed by atoms with Crippen LogP contribution in [-0.2, 0) is 0 Å². The van der Waals surface area contributed by atoms with Gasteiger partial charge in [0.25, 0.3) is 5.89 Å². The first-order valence-corrected chi connectivity index (χ1v) is 8.25. The van der Waals surface area contributed by atoms with Gasteiger partial charge >= 0.3 is 0 Å². The van der Waals surface area contributed by atoms with Crippen molar-refractivity contribution in [3.63, 3.8) is 0 Å². The zero-order valence-electron chi connectivity index (χ0n) is 11.4. The van der Waals surface area contributed by atoms with Crippen molar-refractivity contribution in [1.29, 1.82) is 0 Å². The fourth-order valence-corrected chi connectivity index (χ4v) is 3.40. The molecule has 2 heterocycles. The number of halogens is 2. The van der Waals surface area contributed by atoms with E-state index in [9.17, 15) is 0 Å². The van der Waals surface area contributed by atoms with Crippen LogP contribution in [0.3, 0.4) is 0 Å². The third-order valence-corrected chi connectivity index (χ3v) is 4.68. The Bertz CT molecular complexity index is 811. The Morgan fingerprint density at radius 2 is 2.05 bits per heavy atom. The number of methoxy groups -OCH3 is 1. The van der Waals surface area contributed by atoms with Gasteiger partial charge in [0.2, 0.25) is 5.82 Å². The number of benzene rings is 1. The molecule has 0 aliphatic carbocycles. The van der Waals surface area contributed by atoms with E-state index < -0.39 is 0 Å². The van der Waals surface area contributed by atoms with Gasteiger partial charge < -0.3 is 9.26 Å². The zero-order chi connectivity index (χ0) is 15.5. The predicted octanol–water partition coefficient (Wildman–Crippen LogP) is 5.31. The van der Waals surface area contributed by atoms with Gasteiger partial charge in [-0.15, -0.1) is 11.3 Å². The van der Waals surface area contributed by atoms with Crippen LogP contribution in [0.15, 0.2) is 44.7 Å². The molecule has 2 aromatic heterocycles. The van der Waals surface area contributed by atoms with E-state index in [-0.39, 0.29) is 5.89 Å². The Balaban J connectivity index is 1.84. The lowest BCUT2D eigenvalue weighted by molar-refractivity contribution is 0.410. The number of hydrogen-bond donors (Lipinski definition) is 0. The SMILES string of the molecule is COc1ccc(-c2noc(/C(Cl)=C/c3ccc(Br)s3)n2)cc1. The molecule has 0 N–H and O–H groups in total. The van der Waals surface area contributed by atoms with Crippen molar-refractivity contribution < 1.29 is 9.26 Å². The Kier molecular flexibility index (Phi) is 4.61. The van der Waals surface area contributed by atoms with Crippen molar-refractivity contribution in [2.24, 2.45) is 0 Å². The first-order chi connectivity index (χ1) is 10.7. The van der Waals surface area contributed by atoms with E-state index >= 15 is 0 Å². The van der Waals surface area contributed by atoms with Gasteiger partial charge in [0.15, 0.2) is 0 Å². The molecule has 0 amide bonds. The van der Waals surface area contributed by atoms with Gasteiger partial charge in [-0.1, -0.05) is 16.8 Å². The molecule has 0 saturated heterocycles. The second-order valence-corrected chi connectivity index (χ2v) is 7.19. The number of thiophene rings is 1. The van der Waals surface area contributed by atoms with Crippen LogP contribution in [0.1, 0.15) is 10.8 Å². The van der Waals surface area contributed by atoms with Crippen LogP contribution in [0.25, 0.3) is 22.5 Å². The second-order valence-electron chi connectivity index (χ2n) is 4.29. The molecular weight excluding hydrogens is 388 g/mol. The first-order valence-electron chi connectivity index (χ1n) is 6.27. The molecule has 0 radical (unpaired) electrons. The molecular formula is C15H10BrClN2O2S. The number of hydrogen-bond acceptors (Lipinski definition) is 5. The maximum absolute atomic E-state index is 6.23. The van der Waals surface area contributed by atoms with Gasteiger partial charge in [0.05, 0.1) is 10.9 Å². The number of nitrogens with zero attached hydrogens (tertiary/aromatic N) is 2. The van der Waals surface area contributed by atoms with E-state index in [1.807, 2.05) is 36.4 Å². The average molecular weight is 398 g/mol. The van der Waals surface area contributed by atoms with Gasteiger partial charge in [0.1, 0.15) is 10.8 Å². The lowest BCUT2D eigenvalue weighted by Gasteiger charge is -1.98. The molecule has 0 saturated carbocycles. The predicted molar refractivity (Wildman–Crippen MR) is 92.0 cm³/mol. The Morgan fingerprint density at radius 1 is 1.27 bits per heavy atom. The van der Waals surface area contributed by atoms with Crippen LogP contribution >= 0.6 is 38.9 Å². The third-order valence-electron chi connectivity index (χ3n) is 2.84. The summed E-state index contributed by atoms with van der Waals surface area (Å²) in [5.74, 6) is 1.54. The highest BCUT2D eigenvalue weighted by Gasteiger charge is 2.12. The summed E-state index contributed by atoms with van der Waals surface area (Å²) in [6, 6.07) is 11.3. The van der Waals surface area contributed by atoms with Gasteiger partial charge in [-0.2, -0.15) is 4.98 Å². The standard InChI is InChI=1S/C15H10BrClN2O2S/c1-20-10-4-2-9(3-5-10)14-18-15(21-19-14)12(17)8-11-6-7-13(16)22-11/h2-8H,1H3/b12-8-. The summed E-state index contributed by atoms with van der Waals surface area (Å²) in [5, 5.41) is 4.36. The third kappa shape index (κ3) is 3.40. The number of aromatic nitrogens is 2. The molecule has 0 spiro atoms. The topological polar surface area (TPSA) is 48.2 Å². The quantitative estimate of drug-likeness (QED) is 0.599. The Morgan fingerprint density at radius 3 is 2.68 bits per heavy atom. The van der Waals surface area contributed by atoms with E-state index in [1.54, 1.807) is 24.5 Å². The highest BCUT2D eigenvalue weighted by molar-refractivity contribution is 9.11. The van der Waals surface area contributed by atoms with Gasteiger partial charge in [0, 0.05) is 10.4 Å². The summed E-state index contributed by atoms with van der Waals surface area (Å²) >= 11 is 11.2. The van der Waals surface area contributed by atoms with Crippen molar-refractivity contribution in [2.45, 2.75) is 0 Å². The van der Waals surface area contributed by atoms with E-state index in [0.717, 1.165) is 20.0 Å². The highest BCUT2D eigenvalue weighted by atomic mass is 79.9. The Hall–Kier alpha value is -1.63. The van der Waals surface area contributed by atoms with Crippen molar-refractivity contribution in [3.05, 3.63) is 51.0 Å². The molecule has 0 aliphatic heterocycles. The van der Waals surface area contributed by atoms with Crippen molar-refractivity contribution in [2.75, 3.05) is 7.11 Å². The minimum atomic E-state index is 0.289. The fraction of sp³-hybridized carbons (Fsp3) is 0.0667. The lowest BCUT2D eigenvalue weighted by atomic mass is 10.2. The van der Waals surface area contributed by atoms with E-state index in [0.29, 0.717) is 10.9 Å². The van der Waals surface area contributed by atoms with Crippen LogP contribution < -0.4 is 4.74 Å². The summed E-state index contributed by atoms with van der Waals surface area (Å²) in [4.78, 5) is 5.31. The summed E-state index contributed by atoms with van der Waals surface area (Å²) in [5.41, 5.74) is 0.833. The van der Waals surface area contributed by atoms with Crippen LogP contribution in [-0.4, -0.2) is 17.3 Å². The minimum Gasteiger partial charge on any atom is -0.497 e. The molecule has 4 nitrogen and oxygen atoms in total. The molecule has 3 aromatic rings. The maximum Gasteiger partial charge on any atom is 0.269 e. The molecule has 0 unspecified atom stereocenters. The monoisotopic (exact) mass is 396 g/mol. The zero-order valence-corrected chi connectivity index (χ0v) is 14.6. The molecule has 22 heavy (non-hydrogen) atoms. The van der Waals surface area contributed by atoms with Gasteiger partial charge in [-0.25, -0.2) is 0 Å². The van der Waals surface area contributed by atoms with Crippen molar-refractivity contribution in [3.8, 4) is 17.1 Å². The highest BCUT2D eigenvalue weighted by Crippen LogP contribution is 2.29. The summed E-state index contributed by atoms with van der Waals surface area (Å²) in [6.45, 7) is 0. The van der Waals surface area contributed by atoms with Crippen molar-refractivity contribution >= 4 is 50.0 Å². The van der Waals surface area contributed by atoms with Crippen LogP contribution in [0.4, 0.5) is 0 Å². The van der Waals surface area contributed by atoms with Gasteiger partial charge in [-0.3, -0.25) is 0 Å². The maximum atomic E-state index is 6.23. The molecule has 0 aliphatic rings. The largest absolute Gasteiger partial charge is 0.497 e. The van der Waals surface area contributed by atoms with Crippen molar-refractivity contribution in [1.82, 2.24) is 10.1 Å². The smallest absolute Gasteiger partial charge is 0.269 e. The molecule has 7 heteroatoms. The lowest BCUT2D eigenvalue weighted by Crippen LogP contribution is -1.84. The molecule has 3 rings (SSSR count). The molecule has 0 bridgehead atoms. The fourth-order valence-electron chi connectivity index (χ4n) is 1.77.